The Labute approximate surface area is 693 Å². The Morgan fingerprint density at radius 3 is 1.38 bits per heavy atom. The third-order valence-corrected chi connectivity index (χ3v) is 21.6. The molecule has 0 aliphatic carbocycles. The molecule has 1 saturated heterocycles. The van der Waals surface area contributed by atoms with Crippen molar-refractivity contribution >= 4 is 122 Å². The fraction of sp³-hybridized carbons (Fsp3) is 0.417. The van der Waals surface area contributed by atoms with E-state index >= 15 is 24.0 Å². The Bertz CT molecular complexity index is 4720. The van der Waals surface area contributed by atoms with Crippen LogP contribution in [0.3, 0.4) is 0 Å². The van der Waals surface area contributed by atoms with E-state index in [4.69, 9.17) is 16.9 Å². The van der Waals surface area contributed by atoms with Crippen LogP contribution in [-0.2, 0) is 99.2 Å². The molecule has 35 heteroatoms. The number of aromatic amines is 2. The van der Waals surface area contributed by atoms with E-state index in [1.165, 1.54) is 31.2 Å². The zero-order chi connectivity index (χ0) is 86.4. The van der Waals surface area contributed by atoms with Crippen LogP contribution in [0.2, 0.25) is 0 Å². The van der Waals surface area contributed by atoms with Crippen LogP contribution in [0.15, 0.2) is 146 Å². The number of primary amides is 1. The highest BCUT2D eigenvalue weighted by Gasteiger charge is 2.39. The van der Waals surface area contributed by atoms with Gasteiger partial charge in [0.25, 0.3) is 0 Å². The first-order valence-corrected chi connectivity index (χ1v) is 40.8. The number of H-pyrrole nitrogens is 2. The summed E-state index contributed by atoms with van der Waals surface area (Å²) in [5.74, 6) is -15.5. The number of fused-ring (bicyclic) bond motifs is 2. The number of rotatable bonds is 22. The van der Waals surface area contributed by atoms with Crippen molar-refractivity contribution < 1.29 is 72.2 Å². The number of nitrogens with two attached hydrogens (primary N) is 2. The SMILES string of the molecule is CCC(C)[C@@H]1NC(=O)[C@H](Cc2c[nH]c3ccccc23)NC(=O)[C@H](Cc2ccccc2)NC(=O)[C@H](Cc2ccc(O)cc2)NC(=O)[C@@H](Cc2ccccc2)NC(=O)CSC[C@@H](C(=O)NCC(N)=O)NC(=O)[C@H](C)NC(=O)[C@H]([C@H](C)CC)NC(=O)[C@H](C(C)C)NC(=O)[C@H](Cc2c[nH]c3ccccc23)NC(=O)[C@H](CCCNC(=N)N)NC(=O)CNC1=O. The molecule has 1 unspecified atom stereocenters. The number of thioether (sulfide) groups is 1. The number of aromatic hydroxyl groups is 1. The van der Waals surface area contributed by atoms with Crippen LogP contribution in [0, 0.1) is 23.2 Å². The summed E-state index contributed by atoms with van der Waals surface area (Å²) in [6.07, 6.45) is 2.93. The molecule has 5 aromatic carbocycles. The van der Waals surface area contributed by atoms with Gasteiger partial charge in [-0.1, -0.05) is 164 Å². The van der Waals surface area contributed by atoms with Crippen LogP contribution in [0.4, 0.5) is 0 Å². The Kier molecular flexibility index (Phi) is 34.7. The minimum Gasteiger partial charge on any atom is -0.508 e. The second-order valence-corrected chi connectivity index (χ2v) is 31.1. The summed E-state index contributed by atoms with van der Waals surface area (Å²) in [7, 11) is 0. The molecule has 0 saturated carbocycles. The number of benzene rings is 5. The van der Waals surface area contributed by atoms with Gasteiger partial charge in [0.05, 0.1) is 18.8 Å². The predicted molar refractivity (Wildman–Crippen MR) is 448 cm³/mol. The third kappa shape index (κ3) is 27.9. The van der Waals surface area contributed by atoms with Gasteiger partial charge in [0.15, 0.2) is 5.96 Å². The summed E-state index contributed by atoms with van der Waals surface area (Å²) >= 11 is 0.832. The van der Waals surface area contributed by atoms with E-state index in [1.807, 2.05) is 12.1 Å². The summed E-state index contributed by atoms with van der Waals surface area (Å²) in [6, 6.07) is 21.3. The second kappa shape index (κ2) is 45.1. The van der Waals surface area contributed by atoms with Crippen molar-refractivity contribution in [1.29, 1.82) is 5.41 Å². The number of hydrogen-bond acceptors (Lipinski definition) is 17. The largest absolute Gasteiger partial charge is 0.508 e. The third-order valence-electron chi connectivity index (χ3n) is 20.6. The fourth-order valence-electron chi connectivity index (χ4n) is 13.4. The number of hydrogen-bond donors (Lipinski definition) is 20. The number of carbonyl (C=O) groups excluding carboxylic acids is 14. The van der Waals surface area contributed by atoms with Gasteiger partial charge in [-0.05, 0) is 89.6 Å². The molecule has 14 amide bonds. The molecule has 0 spiro atoms. The van der Waals surface area contributed by atoms with Crippen LogP contribution in [0.1, 0.15) is 102 Å². The van der Waals surface area contributed by atoms with E-state index in [0.717, 1.165) is 11.8 Å². The number of para-hydroxylation sites is 2. The fourth-order valence-corrected chi connectivity index (χ4v) is 14.3. The standard InChI is InChI=1S/C84H109N19O15S/c1-8-47(5)71-81(116)92-43-68(106)94-60(29-20-34-88-84(86)87)75(110)98-64(38-53-40-89-58-27-18-16-25-56(53)58)79(114)101-70(46(3)4)82(117)103-72(48(6)9-2)83(118)93-49(7)73(108)100-66(74(109)91-42-67(85)105)44-119-45-69(107)95-61(35-50-21-12-10-13-22-50)76(111)96-63(37-52-30-32-55(104)33-31-52)77(112)97-62(36-51-23-14-11-15-24-51)78(113)99-65(80(115)102-71)39-54-41-90-59-28-19-17-26-57(54)59/h10-19,21-28,30-33,40-41,46-49,60-66,70-72,89-90,104H,8-9,20,29,34-39,42-45H2,1-7H3,(H2,85,105)(H,91,109)(H,92,116)(H,93,118)(H,94,106)(H,95,107)(H,96,111)(H,97,112)(H,98,110)(H,99,113)(H,100,108)(H,101,114)(H,102,115)(H,103,117)(H4,86,87,88)/t47?,48-,49+,60+,61-,62+,63+,64+,65+,66+,70+,71+,72+/m1/s1. The number of phenolic OH excluding ortho intramolecular Hbond substituents is 1. The normalized spacial score (nSPS) is 22.6. The van der Waals surface area contributed by atoms with Gasteiger partial charge in [0.2, 0.25) is 82.7 Å². The summed E-state index contributed by atoms with van der Waals surface area (Å²) < 4.78 is 0. The van der Waals surface area contributed by atoms with E-state index in [2.05, 4.69) is 84.4 Å². The van der Waals surface area contributed by atoms with E-state index in [0.29, 0.717) is 62.5 Å². The van der Waals surface area contributed by atoms with E-state index in [9.17, 15) is 48.3 Å². The molecule has 34 nitrogen and oxygen atoms in total. The lowest BCUT2D eigenvalue weighted by molar-refractivity contribution is -0.136. The maximum atomic E-state index is 15.4. The van der Waals surface area contributed by atoms with Gasteiger partial charge in [-0.3, -0.25) is 72.5 Å². The Morgan fingerprint density at radius 2 is 0.891 bits per heavy atom. The minimum atomic E-state index is -1.54. The Morgan fingerprint density at radius 1 is 0.471 bits per heavy atom. The van der Waals surface area contributed by atoms with Gasteiger partial charge in [-0.2, -0.15) is 0 Å². The number of guanidine groups is 1. The molecule has 7 aromatic rings. The maximum Gasteiger partial charge on any atom is 0.243 e. The molecule has 0 radical (unpaired) electrons. The Hall–Kier alpha value is -12.8. The molecule has 8 rings (SSSR count). The van der Waals surface area contributed by atoms with Gasteiger partial charge >= 0.3 is 0 Å². The molecule has 3 heterocycles. The van der Waals surface area contributed by atoms with Crippen LogP contribution in [0.25, 0.3) is 21.8 Å². The van der Waals surface area contributed by atoms with Crippen molar-refractivity contribution in [2.75, 3.05) is 31.1 Å². The summed E-state index contributed by atoms with van der Waals surface area (Å²) in [6.45, 7) is 10.1. The van der Waals surface area contributed by atoms with Crippen LogP contribution in [-0.4, -0.2) is 201 Å². The van der Waals surface area contributed by atoms with Crippen molar-refractivity contribution in [2.45, 2.75) is 173 Å². The van der Waals surface area contributed by atoms with Gasteiger partial charge in [0, 0.05) is 78.6 Å². The molecule has 1 aliphatic heterocycles. The average Bonchev–Trinajstić information content (AvgIpc) is 1.71. The number of nitrogens with one attached hydrogen (secondary N) is 17. The zero-order valence-electron chi connectivity index (χ0n) is 67.6. The van der Waals surface area contributed by atoms with Gasteiger partial charge in [0.1, 0.15) is 72.2 Å². The number of amides is 14. The number of aromatic nitrogens is 2. The number of carbonyl (C=O) groups is 14. The molecule has 2 aromatic heterocycles. The monoisotopic (exact) mass is 1660 g/mol. The Balaban J connectivity index is 1.18. The molecule has 13 atom stereocenters. The first-order chi connectivity index (χ1) is 56.9. The maximum absolute atomic E-state index is 15.4. The molecule has 22 N–H and O–H groups in total. The quantitative estimate of drug-likeness (QED) is 0.0252. The lowest BCUT2D eigenvalue weighted by Gasteiger charge is -2.30. The van der Waals surface area contributed by atoms with Crippen LogP contribution < -0.4 is 85.9 Å². The molecule has 119 heavy (non-hydrogen) atoms. The van der Waals surface area contributed by atoms with E-state index in [-0.39, 0.29) is 69.0 Å². The first kappa shape index (κ1) is 91.7. The molecule has 0 bridgehead atoms. The number of phenols is 1. The van der Waals surface area contributed by atoms with Crippen molar-refractivity contribution in [3.8, 4) is 5.75 Å². The highest BCUT2D eigenvalue weighted by molar-refractivity contribution is 8.00. The highest BCUT2D eigenvalue weighted by atomic mass is 32.2. The van der Waals surface area contributed by atoms with Crippen molar-refractivity contribution in [2.24, 2.45) is 29.2 Å². The first-order valence-electron chi connectivity index (χ1n) is 39.7. The topological polar surface area (TPSA) is 535 Å². The van der Waals surface area contributed by atoms with E-state index < -0.39 is 186 Å². The van der Waals surface area contributed by atoms with E-state index in [1.54, 1.807) is 151 Å². The smallest absolute Gasteiger partial charge is 0.243 e. The summed E-state index contributed by atoms with van der Waals surface area (Å²) in [5.41, 5.74) is 15.1. The van der Waals surface area contributed by atoms with Gasteiger partial charge in [-0.25, -0.2) is 0 Å². The molecular formula is C84H109N19O15S. The van der Waals surface area contributed by atoms with Crippen molar-refractivity contribution in [1.82, 2.24) is 84.4 Å². The molecule has 1 fully saturated rings. The van der Waals surface area contributed by atoms with Crippen LogP contribution >= 0.6 is 11.8 Å². The molecular weight excluding hydrogens is 1550 g/mol. The zero-order valence-corrected chi connectivity index (χ0v) is 68.4. The summed E-state index contributed by atoms with van der Waals surface area (Å²) in [4.78, 5) is 210. The van der Waals surface area contributed by atoms with Crippen LogP contribution in [0.5, 0.6) is 5.75 Å². The molecule has 1 aliphatic rings. The predicted octanol–water partition coefficient (Wildman–Crippen LogP) is 0.697. The van der Waals surface area contributed by atoms with Gasteiger partial charge in [-0.15, -0.1) is 11.8 Å². The molecule has 636 valence electrons. The minimum absolute atomic E-state index is 0.0526. The second-order valence-electron chi connectivity index (χ2n) is 30.0. The van der Waals surface area contributed by atoms with Crippen molar-refractivity contribution in [3.05, 3.63) is 174 Å². The van der Waals surface area contributed by atoms with Crippen molar-refractivity contribution in [3.63, 3.8) is 0 Å². The lowest BCUT2D eigenvalue weighted by Crippen LogP contribution is -2.61. The van der Waals surface area contributed by atoms with Gasteiger partial charge < -0.3 is 101 Å². The average molecular weight is 1660 g/mol. The highest BCUT2D eigenvalue weighted by Crippen LogP contribution is 2.24. The lowest BCUT2D eigenvalue weighted by atomic mass is 9.96. The summed E-state index contributed by atoms with van der Waals surface area (Å²) in [5, 5.41) is 57.3.